The molecule has 0 unspecified atom stereocenters. The summed E-state index contributed by atoms with van der Waals surface area (Å²) in [5.41, 5.74) is 1.20. The minimum absolute atomic E-state index is 0.0161. The van der Waals surface area contributed by atoms with Crippen LogP contribution in [0.2, 0.25) is 5.02 Å². The summed E-state index contributed by atoms with van der Waals surface area (Å²) in [5.74, 6) is 0.752. The second kappa shape index (κ2) is 6.82. The first-order chi connectivity index (χ1) is 12.2. The average molecular weight is 357 g/mol. The van der Waals surface area contributed by atoms with Crippen LogP contribution in [-0.4, -0.2) is 41.0 Å². The van der Waals surface area contributed by atoms with Crippen LogP contribution in [-0.2, 0) is 6.54 Å². The van der Waals surface area contributed by atoms with Crippen LogP contribution in [0.15, 0.2) is 52.1 Å². The fraction of sp³-hybridized carbons (Fsp3) is 0.278. The topological polar surface area (TPSA) is 62.5 Å². The highest BCUT2D eigenvalue weighted by atomic mass is 35.5. The molecule has 0 saturated carbocycles. The van der Waals surface area contributed by atoms with E-state index in [9.17, 15) is 4.79 Å². The van der Waals surface area contributed by atoms with Gasteiger partial charge in [0.2, 0.25) is 5.95 Å². The maximum atomic E-state index is 12.7. The number of benzene rings is 1. The summed E-state index contributed by atoms with van der Waals surface area (Å²) in [5, 5.41) is 1.06. The fourth-order valence-corrected chi connectivity index (χ4v) is 3.23. The predicted molar refractivity (Wildman–Crippen MR) is 97.0 cm³/mol. The lowest BCUT2D eigenvalue weighted by molar-refractivity contribution is 0.246. The van der Waals surface area contributed by atoms with E-state index in [1.807, 2.05) is 6.07 Å². The SMILES string of the molecule is O=c1c(CN2CCN(c3ncccn3)CC2)coc2ccc(Cl)cc12. The molecular weight excluding hydrogens is 340 g/mol. The molecule has 1 aliphatic heterocycles. The molecule has 0 amide bonds. The van der Waals surface area contributed by atoms with Gasteiger partial charge in [-0.25, -0.2) is 9.97 Å². The van der Waals surface area contributed by atoms with Crippen LogP contribution in [0.3, 0.4) is 0 Å². The monoisotopic (exact) mass is 356 g/mol. The van der Waals surface area contributed by atoms with Crippen molar-refractivity contribution in [1.29, 1.82) is 0 Å². The van der Waals surface area contributed by atoms with Gasteiger partial charge in [0.1, 0.15) is 5.58 Å². The van der Waals surface area contributed by atoms with Gasteiger partial charge in [0.15, 0.2) is 5.43 Å². The van der Waals surface area contributed by atoms with Gasteiger partial charge < -0.3 is 9.32 Å². The second-order valence-electron chi connectivity index (χ2n) is 6.04. The third-order valence-electron chi connectivity index (χ3n) is 4.41. The minimum Gasteiger partial charge on any atom is -0.464 e. The van der Waals surface area contributed by atoms with Gasteiger partial charge in [0.25, 0.3) is 0 Å². The molecule has 0 bridgehead atoms. The number of rotatable bonds is 3. The first-order valence-corrected chi connectivity index (χ1v) is 8.53. The summed E-state index contributed by atoms with van der Waals surface area (Å²) >= 11 is 6.00. The molecule has 0 aliphatic carbocycles. The van der Waals surface area contributed by atoms with Crippen molar-refractivity contribution in [2.75, 3.05) is 31.1 Å². The molecule has 1 fully saturated rings. The van der Waals surface area contributed by atoms with E-state index in [-0.39, 0.29) is 5.43 Å². The Morgan fingerprint density at radius 2 is 1.88 bits per heavy atom. The van der Waals surface area contributed by atoms with Gasteiger partial charge in [0, 0.05) is 55.7 Å². The molecule has 3 aromatic rings. The molecule has 1 aromatic carbocycles. The molecule has 25 heavy (non-hydrogen) atoms. The number of nitrogens with zero attached hydrogens (tertiary/aromatic N) is 4. The van der Waals surface area contributed by atoms with E-state index >= 15 is 0 Å². The van der Waals surface area contributed by atoms with Crippen molar-refractivity contribution in [3.63, 3.8) is 0 Å². The molecule has 1 aliphatic rings. The van der Waals surface area contributed by atoms with Gasteiger partial charge in [-0.2, -0.15) is 0 Å². The maximum absolute atomic E-state index is 12.7. The van der Waals surface area contributed by atoms with Crippen molar-refractivity contribution in [3.05, 3.63) is 63.7 Å². The lowest BCUT2D eigenvalue weighted by Gasteiger charge is -2.34. The van der Waals surface area contributed by atoms with Crippen molar-refractivity contribution >= 4 is 28.5 Å². The van der Waals surface area contributed by atoms with E-state index in [1.165, 1.54) is 0 Å². The van der Waals surface area contributed by atoms with Crippen LogP contribution in [0.5, 0.6) is 0 Å². The number of fused-ring (bicyclic) bond motifs is 1. The van der Waals surface area contributed by atoms with Gasteiger partial charge in [-0.15, -0.1) is 0 Å². The van der Waals surface area contributed by atoms with Crippen LogP contribution in [0.25, 0.3) is 11.0 Å². The first-order valence-electron chi connectivity index (χ1n) is 8.15. The Bertz CT molecular complexity index is 937. The van der Waals surface area contributed by atoms with Crippen molar-refractivity contribution < 1.29 is 4.42 Å². The molecular formula is C18H17ClN4O2. The molecule has 0 radical (unpaired) electrons. The maximum Gasteiger partial charge on any atom is 0.225 e. The third-order valence-corrected chi connectivity index (χ3v) is 4.64. The largest absolute Gasteiger partial charge is 0.464 e. The van der Waals surface area contributed by atoms with Crippen LogP contribution < -0.4 is 10.3 Å². The van der Waals surface area contributed by atoms with Crippen LogP contribution in [0, 0.1) is 0 Å². The van der Waals surface area contributed by atoms with Crippen molar-refractivity contribution in [2.24, 2.45) is 0 Å². The van der Waals surface area contributed by atoms with Crippen molar-refractivity contribution in [1.82, 2.24) is 14.9 Å². The van der Waals surface area contributed by atoms with Crippen molar-refractivity contribution in [2.45, 2.75) is 6.54 Å². The first kappa shape index (κ1) is 16.1. The van der Waals surface area contributed by atoms with Crippen LogP contribution in [0.4, 0.5) is 5.95 Å². The Morgan fingerprint density at radius 3 is 2.64 bits per heavy atom. The summed E-state index contributed by atoms with van der Waals surface area (Å²) in [6.07, 6.45) is 5.06. The lowest BCUT2D eigenvalue weighted by atomic mass is 10.1. The zero-order valence-electron chi connectivity index (χ0n) is 13.6. The smallest absolute Gasteiger partial charge is 0.225 e. The van der Waals surface area contributed by atoms with E-state index in [4.69, 9.17) is 16.0 Å². The Kier molecular flexibility index (Phi) is 4.38. The predicted octanol–water partition coefficient (Wildman–Crippen LogP) is 2.56. The van der Waals surface area contributed by atoms with Crippen molar-refractivity contribution in [3.8, 4) is 0 Å². The summed E-state index contributed by atoms with van der Waals surface area (Å²) in [7, 11) is 0. The number of piperazine rings is 1. The molecule has 1 saturated heterocycles. The summed E-state index contributed by atoms with van der Waals surface area (Å²) < 4.78 is 5.59. The minimum atomic E-state index is -0.0161. The quantitative estimate of drug-likeness (QED) is 0.718. The van der Waals surface area contributed by atoms with Gasteiger partial charge in [0.05, 0.1) is 11.6 Å². The van der Waals surface area contributed by atoms with Gasteiger partial charge in [-0.3, -0.25) is 9.69 Å². The molecule has 6 nitrogen and oxygen atoms in total. The second-order valence-corrected chi connectivity index (χ2v) is 6.48. The highest BCUT2D eigenvalue weighted by molar-refractivity contribution is 6.31. The Hall–Kier alpha value is -2.44. The standard InChI is InChI=1S/C18H17ClN4O2/c19-14-2-3-16-15(10-14)17(24)13(12-25-16)11-22-6-8-23(9-7-22)18-20-4-1-5-21-18/h1-5,10,12H,6-9,11H2. The average Bonchev–Trinajstić information content (AvgIpc) is 2.66. The van der Waals surface area contributed by atoms with E-state index in [2.05, 4.69) is 19.8 Å². The fourth-order valence-electron chi connectivity index (χ4n) is 3.05. The summed E-state index contributed by atoms with van der Waals surface area (Å²) in [6.45, 7) is 3.90. The number of aromatic nitrogens is 2. The van der Waals surface area contributed by atoms with E-state index < -0.39 is 0 Å². The zero-order valence-corrected chi connectivity index (χ0v) is 14.3. The molecule has 0 N–H and O–H groups in total. The van der Waals surface area contributed by atoms with E-state index in [0.29, 0.717) is 28.1 Å². The molecule has 4 rings (SSSR count). The van der Waals surface area contributed by atoms with Crippen LogP contribution >= 0.6 is 11.6 Å². The summed E-state index contributed by atoms with van der Waals surface area (Å²) in [4.78, 5) is 25.6. The van der Waals surface area contributed by atoms with Gasteiger partial charge >= 0.3 is 0 Å². The molecule has 0 atom stereocenters. The molecule has 7 heteroatoms. The number of halogens is 1. The van der Waals surface area contributed by atoms with Crippen LogP contribution in [0.1, 0.15) is 5.56 Å². The normalized spacial score (nSPS) is 15.6. The molecule has 3 heterocycles. The molecule has 128 valence electrons. The molecule has 2 aromatic heterocycles. The third kappa shape index (κ3) is 3.36. The number of hydrogen-bond donors (Lipinski definition) is 0. The Morgan fingerprint density at radius 1 is 1.12 bits per heavy atom. The zero-order chi connectivity index (χ0) is 17.2. The van der Waals surface area contributed by atoms with Gasteiger partial charge in [-0.05, 0) is 24.3 Å². The highest BCUT2D eigenvalue weighted by Crippen LogP contribution is 2.18. The molecule has 0 spiro atoms. The summed E-state index contributed by atoms with van der Waals surface area (Å²) in [6, 6.07) is 6.92. The number of hydrogen-bond acceptors (Lipinski definition) is 6. The highest BCUT2D eigenvalue weighted by Gasteiger charge is 2.20. The van der Waals surface area contributed by atoms with Gasteiger partial charge in [-0.1, -0.05) is 11.6 Å². The number of anilines is 1. The lowest BCUT2D eigenvalue weighted by Crippen LogP contribution is -2.47. The Labute approximate surface area is 149 Å². The Balaban J connectivity index is 1.48. The van der Waals surface area contributed by atoms with E-state index in [1.54, 1.807) is 36.9 Å². The van der Waals surface area contributed by atoms with E-state index in [0.717, 1.165) is 32.1 Å².